The molecule has 5 nitrogen and oxygen atoms in total. The van der Waals surface area contributed by atoms with Gasteiger partial charge in [-0.05, 0) is 39.7 Å². The Labute approximate surface area is 161 Å². The maximum atomic E-state index is 12.6. The van der Waals surface area contributed by atoms with Gasteiger partial charge < -0.3 is 4.74 Å². The fourth-order valence-electron chi connectivity index (χ4n) is 3.04. The number of aromatic nitrogens is 1. The molecule has 0 unspecified atom stereocenters. The molecule has 0 bridgehead atoms. The third-order valence-electron chi connectivity index (χ3n) is 4.24. The van der Waals surface area contributed by atoms with Crippen LogP contribution in [0.5, 0.6) is 5.88 Å². The van der Waals surface area contributed by atoms with E-state index in [2.05, 4.69) is 20.9 Å². The molecule has 0 saturated carbocycles. The molecular weight excluding hydrogens is 418 g/mol. The summed E-state index contributed by atoms with van der Waals surface area (Å²) in [6, 6.07) is 9.99. The van der Waals surface area contributed by atoms with Crippen molar-refractivity contribution in [3.05, 3.63) is 58.4 Å². The van der Waals surface area contributed by atoms with E-state index in [1.165, 1.54) is 0 Å². The highest BCUT2D eigenvalue weighted by Gasteiger charge is 2.41. The van der Waals surface area contributed by atoms with Crippen molar-refractivity contribution in [2.24, 2.45) is 5.41 Å². The molecule has 1 heterocycles. The predicted octanol–water partition coefficient (Wildman–Crippen LogP) is 4.04. The number of hydrogen-bond donors (Lipinski definition) is 0. The predicted molar refractivity (Wildman–Crippen MR) is 102 cm³/mol. The molecule has 1 aliphatic carbocycles. The topological polar surface area (TPSA) is 73.3 Å². The number of allylic oxidation sites excluding steroid dienone is 2. The number of hydrogen-bond acceptors (Lipinski definition) is 5. The maximum absolute atomic E-state index is 12.6. The molecule has 0 atom stereocenters. The van der Waals surface area contributed by atoms with E-state index in [-0.39, 0.29) is 16.4 Å². The van der Waals surface area contributed by atoms with Crippen LogP contribution in [0.4, 0.5) is 0 Å². The SMILES string of the molecule is CC1(C)CC(=O)C(Oc2ccc(Br)cn2)=C1c1ccc(S(C)(=O)=O)cc1. The van der Waals surface area contributed by atoms with E-state index in [0.29, 0.717) is 12.3 Å². The van der Waals surface area contributed by atoms with Gasteiger partial charge in [-0.2, -0.15) is 0 Å². The van der Waals surface area contributed by atoms with Gasteiger partial charge in [0.25, 0.3) is 0 Å². The van der Waals surface area contributed by atoms with Crippen LogP contribution in [0.15, 0.2) is 57.7 Å². The molecule has 0 saturated heterocycles. The summed E-state index contributed by atoms with van der Waals surface area (Å²) in [5.41, 5.74) is 1.10. The minimum Gasteiger partial charge on any atom is -0.435 e. The summed E-state index contributed by atoms with van der Waals surface area (Å²) < 4.78 is 30.0. The molecule has 1 aromatic carbocycles. The van der Waals surface area contributed by atoms with E-state index in [1.807, 2.05) is 13.8 Å². The van der Waals surface area contributed by atoms with Crippen molar-refractivity contribution < 1.29 is 17.9 Å². The number of ether oxygens (including phenoxy) is 1. The molecule has 7 heteroatoms. The molecule has 2 aromatic rings. The van der Waals surface area contributed by atoms with Crippen LogP contribution < -0.4 is 4.74 Å². The van der Waals surface area contributed by atoms with Gasteiger partial charge in [0.2, 0.25) is 5.88 Å². The van der Waals surface area contributed by atoms with Crippen LogP contribution in [0.3, 0.4) is 0 Å². The normalized spacial score (nSPS) is 16.8. The third kappa shape index (κ3) is 3.73. The van der Waals surface area contributed by atoms with Gasteiger partial charge in [0.15, 0.2) is 21.4 Å². The Morgan fingerprint density at radius 2 is 1.77 bits per heavy atom. The van der Waals surface area contributed by atoms with Gasteiger partial charge in [-0.15, -0.1) is 0 Å². The van der Waals surface area contributed by atoms with Gasteiger partial charge >= 0.3 is 0 Å². The zero-order valence-corrected chi connectivity index (χ0v) is 17.0. The van der Waals surface area contributed by atoms with Crippen LogP contribution in [0.2, 0.25) is 0 Å². The van der Waals surface area contributed by atoms with Gasteiger partial charge in [-0.1, -0.05) is 26.0 Å². The first kappa shape index (κ1) is 18.8. The van der Waals surface area contributed by atoms with Crippen LogP contribution in [0.1, 0.15) is 25.8 Å². The molecule has 0 N–H and O–H groups in total. The van der Waals surface area contributed by atoms with Crippen molar-refractivity contribution in [3.63, 3.8) is 0 Å². The fraction of sp³-hybridized carbons (Fsp3) is 0.263. The van der Waals surface area contributed by atoms with Gasteiger partial charge in [-0.25, -0.2) is 13.4 Å². The van der Waals surface area contributed by atoms with Crippen molar-refractivity contribution in [2.75, 3.05) is 6.26 Å². The van der Waals surface area contributed by atoms with Crippen molar-refractivity contribution >= 4 is 37.1 Å². The standard InChI is InChI=1S/C19H18BrNO4S/c1-19(2)10-15(22)18(25-16-9-6-13(20)11-21-16)17(19)12-4-7-14(8-5-12)26(3,23)24/h4-9,11H,10H2,1-3H3. The van der Waals surface area contributed by atoms with E-state index in [9.17, 15) is 13.2 Å². The Kier molecular flexibility index (Phi) is 4.79. The van der Waals surface area contributed by atoms with Gasteiger partial charge in [0, 0.05) is 40.4 Å². The van der Waals surface area contributed by atoms with Crippen molar-refractivity contribution in [1.82, 2.24) is 4.98 Å². The summed E-state index contributed by atoms with van der Waals surface area (Å²) in [5, 5.41) is 0. The van der Waals surface area contributed by atoms with Gasteiger partial charge in [-0.3, -0.25) is 4.79 Å². The summed E-state index contributed by atoms with van der Waals surface area (Å²) in [5.74, 6) is 0.498. The first-order chi connectivity index (χ1) is 12.1. The lowest BCUT2D eigenvalue weighted by molar-refractivity contribution is -0.117. The van der Waals surface area contributed by atoms with Gasteiger partial charge in [0.1, 0.15) is 0 Å². The van der Waals surface area contributed by atoms with E-state index in [1.54, 1.807) is 42.6 Å². The Bertz CT molecular complexity index is 991. The summed E-state index contributed by atoms with van der Waals surface area (Å²) in [7, 11) is -3.28. The molecule has 0 spiro atoms. The largest absolute Gasteiger partial charge is 0.435 e. The second kappa shape index (κ2) is 6.63. The highest BCUT2D eigenvalue weighted by molar-refractivity contribution is 9.10. The summed E-state index contributed by atoms with van der Waals surface area (Å²) in [6.07, 6.45) is 3.08. The summed E-state index contributed by atoms with van der Waals surface area (Å²) in [6.45, 7) is 3.94. The molecule has 1 aliphatic rings. The Morgan fingerprint density at radius 3 is 2.31 bits per heavy atom. The maximum Gasteiger partial charge on any atom is 0.219 e. The van der Waals surface area contributed by atoms with Gasteiger partial charge in [0.05, 0.1) is 4.90 Å². The molecular formula is C19H18BrNO4S. The lowest BCUT2D eigenvalue weighted by Crippen LogP contribution is -2.10. The number of rotatable bonds is 4. The van der Waals surface area contributed by atoms with Crippen LogP contribution >= 0.6 is 15.9 Å². The summed E-state index contributed by atoms with van der Waals surface area (Å²) >= 11 is 3.31. The van der Waals surface area contributed by atoms with Crippen LogP contribution in [0.25, 0.3) is 5.57 Å². The molecule has 136 valence electrons. The number of Topliss-reactive ketones (excluding diaryl/α,β-unsaturated/α-hetero) is 1. The number of carbonyl (C=O) groups is 1. The molecule has 0 radical (unpaired) electrons. The number of pyridine rings is 1. The number of nitrogens with zero attached hydrogens (tertiary/aromatic N) is 1. The number of carbonyl (C=O) groups excluding carboxylic acids is 1. The lowest BCUT2D eigenvalue weighted by atomic mass is 9.82. The van der Waals surface area contributed by atoms with Crippen molar-refractivity contribution in [2.45, 2.75) is 25.2 Å². The average molecular weight is 436 g/mol. The fourth-order valence-corrected chi connectivity index (χ4v) is 3.91. The highest BCUT2D eigenvalue weighted by Crippen LogP contribution is 2.46. The zero-order valence-electron chi connectivity index (χ0n) is 14.6. The average Bonchev–Trinajstić information content (AvgIpc) is 2.77. The van der Waals surface area contributed by atoms with E-state index in [0.717, 1.165) is 21.9 Å². The third-order valence-corrected chi connectivity index (χ3v) is 5.84. The molecule has 26 heavy (non-hydrogen) atoms. The highest BCUT2D eigenvalue weighted by atomic mass is 79.9. The van der Waals surface area contributed by atoms with Crippen LogP contribution in [-0.4, -0.2) is 25.4 Å². The Balaban J connectivity index is 2.07. The Morgan fingerprint density at radius 1 is 1.12 bits per heavy atom. The van der Waals surface area contributed by atoms with E-state index < -0.39 is 15.3 Å². The second-order valence-corrected chi connectivity index (χ2v) is 9.83. The second-order valence-electron chi connectivity index (χ2n) is 6.90. The zero-order chi connectivity index (χ0) is 19.1. The molecule has 1 aromatic heterocycles. The van der Waals surface area contributed by atoms with Crippen LogP contribution in [-0.2, 0) is 14.6 Å². The minimum atomic E-state index is -3.28. The first-order valence-electron chi connectivity index (χ1n) is 7.96. The van der Waals surface area contributed by atoms with E-state index in [4.69, 9.17) is 4.74 Å². The Hall–Kier alpha value is -1.99. The summed E-state index contributed by atoms with van der Waals surface area (Å²) in [4.78, 5) is 17.0. The smallest absolute Gasteiger partial charge is 0.219 e. The number of ketones is 1. The number of sulfone groups is 1. The number of benzene rings is 1. The number of halogens is 1. The molecule has 0 fully saturated rings. The van der Waals surface area contributed by atoms with Crippen molar-refractivity contribution in [1.29, 1.82) is 0 Å². The van der Waals surface area contributed by atoms with E-state index >= 15 is 0 Å². The molecule has 0 aliphatic heterocycles. The molecule has 3 rings (SSSR count). The monoisotopic (exact) mass is 435 g/mol. The van der Waals surface area contributed by atoms with Crippen LogP contribution in [0, 0.1) is 5.41 Å². The first-order valence-corrected chi connectivity index (χ1v) is 10.6. The molecule has 0 amide bonds. The lowest BCUT2D eigenvalue weighted by Gasteiger charge is -2.21. The van der Waals surface area contributed by atoms with Crippen molar-refractivity contribution in [3.8, 4) is 5.88 Å². The minimum absolute atomic E-state index is 0.0955. The quantitative estimate of drug-likeness (QED) is 0.724.